The molecule has 0 aromatic carbocycles. The van der Waals surface area contributed by atoms with Crippen LogP contribution in [0.2, 0.25) is 0 Å². The molecule has 12 heavy (non-hydrogen) atoms. The molecule has 1 heterocycles. The van der Waals surface area contributed by atoms with Crippen LogP contribution in [0.1, 0.15) is 10.4 Å². The van der Waals surface area contributed by atoms with Crippen LogP contribution in [0.5, 0.6) is 0 Å². The molecule has 0 spiro atoms. The van der Waals surface area contributed by atoms with E-state index in [1.54, 1.807) is 11.3 Å². The maximum atomic E-state index is 10.3. The minimum absolute atomic E-state index is 0.128. The molecule has 0 fully saturated rings. The van der Waals surface area contributed by atoms with E-state index in [0.717, 1.165) is 10.4 Å². The lowest BCUT2D eigenvalue weighted by atomic mass is 10.2. The van der Waals surface area contributed by atoms with Gasteiger partial charge in [-0.3, -0.25) is 0 Å². The van der Waals surface area contributed by atoms with Crippen LogP contribution in [-0.4, -0.2) is 11.1 Å². The molecule has 3 N–H and O–H groups in total. The number of hydrogen-bond acceptors (Lipinski definition) is 3. The van der Waals surface area contributed by atoms with E-state index >= 15 is 0 Å². The van der Waals surface area contributed by atoms with Crippen molar-refractivity contribution in [3.8, 4) is 0 Å². The predicted molar refractivity (Wildman–Crippen MR) is 48.9 cm³/mol. The van der Waals surface area contributed by atoms with Crippen molar-refractivity contribution in [1.29, 1.82) is 0 Å². The summed E-state index contributed by atoms with van der Waals surface area (Å²) in [6, 6.07) is 1.84. The van der Waals surface area contributed by atoms with Crippen LogP contribution in [0.3, 0.4) is 0 Å². The summed E-state index contributed by atoms with van der Waals surface area (Å²) in [7, 11) is 0. The Kier molecular flexibility index (Phi) is 2.50. The van der Waals surface area contributed by atoms with Gasteiger partial charge in [-0.15, -0.1) is 11.3 Å². The summed E-state index contributed by atoms with van der Waals surface area (Å²) >= 11 is 1.57. The van der Waals surface area contributed by atoms with Crippen molar-refractivity contribution in [3.05, 3.63) is 27.6 Å². The molecule has 0 saturated carbocycles. The lowest BCUT2D eigenvalue weighted by molar-refractivity contribution is -0.132. The molecule has 0 atom stereocenters. The standard InChI is InChI=1S/C8H9NO2S/c1-5-6(2-3-12-5)4-7(9)8(10)11/h2-4H,9H2,1H3,(H,10,11)/b7-4+. The maximum Gasteiger partial charge on any atom is 0.351 e. The van der Waals surface area contributed by atoms with Crippen LogP contribution in [0.25, 0.3) is 6.08 Å². The van der Waals surface area contributed by atoms with Gasteiger partial charge in [0.1, 0.15) is 5.70 Å². The van der Waals surface area contributed by atoms with Gasteiger partial charge in [0, 0.05) is 4.88 Å². The maximum absolute atomic E-state index is 10.3. The molecule has 1 aromatic rings. The summed E-state index contributed by atoms with van der Waals surface area (Å²) in [5, 5.41) is 10.4. The molecule has 3 nitrogen and oxygen atoms in total. The van der Waals surface area contributed by atoms with Crippen molar-refractivity contribution in [1.82, 2.24) is 0 Å². The Bertz CT molecular complexity index is 328. The van der Waals surface area contributed by atoms with Gasteiger partial charge in [-0.05, 0) is 30.0 Å². The molecular formula is C8H9NO2S. The van der Waals surface area contributed by atoms with Gasteiger partial charge >= 0.3 is 5.97 Å². The van der Waals surface area contributed by atoms with E-state index in [-0.39, 0.29) is 5.70 Å². The number of hydrogen-bond donors (Lipinski definition) is 2. The number of nitrogens with two attached hydrogens (primary N) is 1. The first kappa shape index (κ1) is 8.80. The van der Waals surface area contributed by atoms with E-state index in [9.17, 15) is 4.79 Å². The molecule has 0 saturated heterocycles. The van der Waals surface area contributed by atoms with Gasteiger partial charge in [-0.25, -0.2) is 4.79 Å². The molecule has 0 aliphatic carbocycles. The fourth-order valence-corrected chi connectivity index (χ4v) is 1.46. The smallest absolute Gasteiger partial charge is 0.351 e. The second kappa shape index (κ2) is 3.40. The number of aryl methyl sites for hydroxylation is 1. The number of thiophene rings is 1. The highest BCUT2D eigenvalue weighted by atomic mass is 32.1. The largest absolute Gasteiger partial charge is 0.477 e. The molecule has 0 unspecified atom stereocenters. The Balaban J connectivity index is 2.95. The summed E-state index contributed by atoms with van der Waals surface area (Å²) < 4.78 is 0. The fourth-order valence-electron chi connectivity index (χ4n) is 0.774. The van der Waals surface area contributed by atoms with Gasteiger partial charge < -0.3 is 10.8 Å². The molecule has 0 radical (unpaired) electrons. The van der Waals surface area contributed by atoms with Crippen LogP contribution in [0.4, 0.5) is 0 Å². The van der Waals surface area contributed by atoms with Crippen molar-refractivity contribution in [2.45, 2.75) is 6.92 Å². The molecule has 1 rings (SSSR count). The Morgan fingerprint density at radius 1 is 1.75 bits per heavy atom. The Labute approximate surface area is 74.1 Å². The highest BCUT2D eigenvalue weighted by Crippen LogP contribution is 2.16. The van der Waals surface area contributed by atoms with Gasteiger partial charge in [0.05, 0.1) is 0 Å². The van der Waals surface area contributed by atoms with Crippen LogP contribution in [0, 0.1) is 6.92 Å². The number of carboxylic acid groups (broad SMARTS) is 1. The molecule has 0 amide bonds. The predicted octanol–water partition coefficient (Wildman–Crippen LogP) is 1.44. The zero-order valence-electron chi connectivity index (χ0n) is 6.57. The van der Waals surface area contributed by atoms with Crippen LogP contribution >= 0.6 is 11.3 Å². The number of carboxylic acids is 1. The molecular weight excluding hydrogens is 174 g/mol. The van der Waals surface area contributed by atoms with Gasteiger partial charge in [-0.2, -0.15) is 0 Å². The normalized spacial score (nSPS) is 11.6. The third-order valence-corrected chi connectivity index (χ3v) is 2.32. The van der Waals surface area contributed by atoms with E-state index in [4.69, 9.17) is 10.8 Å². The third-order valence-electron chi connectivity index (χ3n) is 1.46. The average Bonchev–Trinajstić information content (AvgIpc) is 2.36. The summed E-state index contributed by atoms with van der Waals surface area (Å²) in [6.45, 7) is 1.92. The van der Waals surface area contributed by atoms with Crippen LogP contribution in [-0.2, 0) is 4.79 Å². The van der Waals surface area contributed by atoms with Crippen molar-refractivity contribution < 1.29 is 9.90 Å². The summed E-state index contributed by atoms with van der Waals surface area (Å²) in [6.07, 6.45) is 1.47. The topological polar surface area (TPSA) is 63.3 Å². The molecule has 0 bridgehead atoms. The summed E-state index contributed by atoms with van der Waals surface area (Å²) in [5.74, 6) is -1.08. The number of aliphatic carboxylic acids is 1. The van der Waals surface area contributed by atoms with E-state index < -0.39 is 5.97 Å². The van der Waals surface area contributed by atoms with Crippen molar-refractivity contribution in [2.75, 3.05) is 0 Å². The van der Waals surface area contributed by atoms with Gasteiger partial charge in [-0.1, -0.05) is 0 Å². The van der Waals surface area contributed by atoms with E-state index in [1.165, 1.54) is 6.08 Å². The quantitative estimate of drug-likeness (QED) is 0.682. The zero-order chi connectivity index (χ0) is 9.14. The second-order valence-electron chi connectivity index (χ2n) is 2.34. The van der Waals surface area contributed by atoms with Gasteiger partial charge in [0.25, 0.3) is 0 Å². The number of carbonyl (C=O) groups is 1. The molecule has 64 valence electrons. The molecule has 4 heteroatoms. The minimum Gasteiger partial charge on any atom is -0.477 e. The first-order valence-electron chi connectivity index (χ1n) is 3.36. The van der Waals surface area contributed by atoms with Crippen molar-refractivity contribution in [2.24, 2.45) is 5.73 Å². The van der Waals surface area contributed by atoms with E-state index in [2.05, 4.69) is 0 Å². The lowest BCUT2D eigenvalue weighted by Gasteiger charge is -1.93. The van der Waals surface area contributed by atoms with Crippen LogP contribution in [0.15, 0.2) is 17.1 Å². The SMILES string of the molecule is Cc1sccc1/C=C(/N)C(=O)O. The monoisotopic (exact) mass is 183 g/mol. The zero-order valence-corrected chi connectivity index (χ0v) is 7.39. The third kappa shape index (κ3) is 1.85. The first-order valence-corrected chi connectivity index (χ1v) is 4.24. The summed E-state index contributed by atoms with van der Waals surface area (Å²) in [4.78, 5) is 11.4. The molecule has 0 aliphatic rings. The molecule has 0 aliphatic heterocycles. The van der Waals surface area contributed by atoms with Crippen LogP contribution < -0.4 is 5.73 Å². The Morgan fingerprint density at radius 3 is 2.83 bits per heavy atom. The Morgan fingerprint density at radius 2 is 2.42 bits per heavy atom. The fraction of sp³-hybridized carbons (Fsp3) is 0.125. The van der Waals surface area contributed by atoms with Crippen molar-refractivity contribution in [3.63, 3.8) is 0 Å². The average molecular weight is 183 g/mol. The van der Waals surface area contributed by atoms with Gasteiger partial charge in [0.15, 0.2) is 0 Å². The minimum atomic E-state index is -1.08. The highest BCUT2D eigenvalue weighted by Gasteiger charge is 2.02. The van der Waals surface area contributed by atoms with E-state index in [0.29, 0.717) is 0 Å². The Hall–Kier alpha value is -1.29. The highest BCUT2D eigenvalue weighted by molar-refractivity contribution is 7.10. The molecule has 1 aromatic heterocycles. The number of rotatable bonds is 2. The second-order valence-corrected chi connectivity index (χ2v) is 3.46. The van der Waals surface area contributed by atoms with Gasteiger partial charge in [0.2, 0.25) is 0 Å². The summed E-state index contributed by atoms with van der Waals surface area (Å²) in [5.41, 5.74) is 5.99. The van der Waals surface area contributed by atoms with E-state index in [1.807, 2.05) is 18.4 Å². The van der Waals surface area contributed by atoms with Crippen molar-refractivity contribution >= 4 is 23.4 Å². The lowest BCUT2D eigenvalue weighted by Crippen LogP contribution is -2.09. The first-order chi connectivity index (χ1) is 5.61.